The molecule has 5 aromatic rings. The summed E-state index contributed by atoms with van der Waals surface area (Å²) in [5.41, 5.74) is 7.02. The maximum atomic E-state index is 14.2. The van der Waals surface area contributed by atoms with Crippen LogP contribution in [0.15, 0.2) is 91.3 Å². The molecule has 12 heteroatoms. The molecule has 3 amide bonds. The Balaban J connectivity index is 1.01. The third-order valence-electron chi connectivity index (χ3n) is 11.5. The second-order valence-electron chi connectivity index (χ2n) is 15.3. The predicted molar refractivity (Wildman–Crippen MR) is 221 cm³/mol. The molecule has 2 aliphatic heterocycles. The van der Waals surface area contributed by atoms with Gasteiger partial charge in [-0.2, -0.15) is 0 Å². The summed E-state index contributed by atoms with van der Waals surface area (Å²) in [5, 5.41) is 2.70. The summed E-state index contributed by atoms with van der Waals surface area (Å²) in [6.07, 6.45) is 6.55. The van der Waals surface area contributed by atoms with Gasteiger partial charge in [0.2, 0.25) is 11.8 Å². The van der Waals surface area contributed by atoms with Crippen molar-refractivity contribution in [2.24, 2.45) is 5.92 Å². The lowest BCUT2D eigenvalue weighted by molar-refractivity contribution is -0.138. The van der Waals surface area contributed by atoms with Crippen LogP contribution in [0.25, 0.3) is 33.6 Å². The number of rotatable bonds is 13. The van der Waals surface area contributed by atoms with Crippen molar-refractivity contribution in [1.82, 2.24) is 40.0 Å². The van der Waals surface area contributed by atoms with Crippen LogP contribution in [0.4, 0.5) is 4.79 Å². The van der Waals surface area contributed by atoms with Crippen LogP contribution in [0.2, 0.25) is 0 Å². The first kappa shape index (κ1) is 39.5. The highest BCUT2D eigenvalue weighted by atomic mass is 16.5. The summed E-state index contributed by atoms with van der Waals surface area (Å²) in [6.45, 7) is 10.9. The summed E-state index contributed by atoms with van der Waals surface area (Å²) in [7, 11) is 1.30. The molecule has 4 atom stereocenters. The zero-order chi connectivity index (χ0) is 40.1. The average molecular weight is 771 g/mol. The zero-order valence-corrected chi connectivity index (χ0v) is 33.6. The number of nitrogens with zero attached hydrogens (tertiary/aromatic N) is 5. The summed E-state index contributed by atoms with van der Waals surface area (Å²) in [6, 6.07) is 25.6. The molecule has 12 nitrogen and oxygen atoms in total. The Morgan fingerprint density at radius 2 is 1.21 bits per heavy atom. The molecule has 3 aromatic carbocycles. The standard InChI is InChI=1S/C45H54N8O4/c1-6-51(7-2)40(34-13-9-8-10-14-34)44(55)53-26-12-16-38(53)42-47-28-36(49-42)33-23-19-31(20-24-33)30-17-21-32(22-18-30)35-27-46-41(48-35)37-15-11-25-52(37)43(54)39(29(3)4)50-45(56)57-5/h8-10,13-14,17-24,27-29,37-40H,6-7,11-12,15-16,25-26H2,1-5H3,(H,46,48)(H,47,49)(H,50,56)/t37-,38-,39-,40+/m0/s1. The van der Waals surface area contributed by atoms with Gasteiger partial charge in [0.05, 0.1) is 43.0 Å². The second-order valence-corrected chi connectivity index (χ2v) is 15.3. The van der Waals surface area contributed by atoms with E-state index in [9.17, 15) is 14.4 Å². The molecule has 0 unspecified atom stereocenters. The monoisotopic (exact) mass is 770 g/mol. The number of likely N-dealkylation sites (N-methyl/N-ethyl adjacent to an activating group) is 1. The molecule has 2 saturated heterocycles. The number of likely N-dealkylation sites (tertiary alicyclic amines) is 2. The van der Waals surface area contributed by atoms with Crippen molar-refractivity contribution in [3.63, 3.8) is 0 Å². The second kappa shape index (κ2) is 17.6. The zero-order valence-electron chi connectivity index (χ0n) is 33.6. The number of imidazole rings is 2. The average Bonchev–Trinajstić information content (AvgIpc) is 4.09. The Bertz CT molecular complexity index is 2120. The molecule has 298 valence electrons. The number of aromatic amines is 2. The van der Waals surface area contributed by atoms with Crippen LogP contribution in [0.1, 0.15) is 88.7 Å². The summed E-state index contributed by atoms with van der Waals surface area (Å²) in [5.74, 6) is 1.47. The van der Waals surface area contributed by atoms with Crippen LogP contribution in [0.5, 0.6) is 0 Å². The Kier molecular flexibility index (Phi) is 12.2. The number of hydrogen-bond donors (Lipinski definition) is 3. The Morgan fingerprint density at radius 1 is 0.737 bits per heavy atom. The van der Waals surface area contributed by atoms with Crippen molar-refractivity contribution >= 4 is 17.9 Å². The van der Waals surface area contributed by atoms with Crippen LogP contribution in [-0.2, 0) is 14.3 Å². The maximum absolute atomic E-state index is 14.2. The molecule has 4 heterocycles. The number of nitrogens with one attached hydrogen (secondary N) is 3. The van der Waals surface area contributed by atoms with Crippen molar-refractivity contribution in [3.05, 3.63) is 108 Å². The van der Waals surface area contributed by atoms with Gasteiger partial charge >= 0.3 is 6.09 Å². The lowest BCUT2D eigenvalue weighted by Gasteiger charge is -2.34. The molecule has 2 fully saturated rings. The van der Waals surface area contributed by atoms with Crippen LogP contribution in [-0.4, -0.2) is 91.9 Å². The Hall–Kier alpha value is -5.75. The summed E-state index contributed by atoms with van der Waals surface area (Å²) < 4.78 is 4.77. The van der Waals surface area contributed by atoms with Crippen molar-refractivity contribution in [2.45, 2.75) is 77.5 Å². The fourth-order valence-electron chi connectivity index (χ4n) is 8.39. The number of alkyl carbamates (subject to hydrolysis) is 1. The molecule has 0 bridgehead atoms. The van der Waals surface area contributed by atoms with Gasteiger partial charge < -0.3 is 29.8 Å². The smallest absolute Gasteiger partial charge is 0.407 e. The number of H-pyrrole nitrogens is 2. The van der Waals surface area contributed by atoms with Gasteiger partial charge in [-0.25, -0.2) is 14.8 Å². The van der Waals surface area contributed by atoms with Crippen molar-refractivity contribution in [3.8, 4) is 33.6 Å². The van der Waals surface area contributed by atoms with Crippen LogP contribution in [0, 0.1) is 5.92 Å². The van der Waals surface area contributed by atoms with E-state index < -0.39 is 12.1 Å². The molecule has 0 saturated carbocycles. The summed E-state index contributed by atoms with van der Waals surface area (Å²) >= 11 is 0. The number of carbonyl (C=O) groups is 3. The van der Waals surface area contributed by atoms with Gasteiger partial charge in [0.15, 0.2) is 0 Å². The van der Waals surface area contributed by atoms with E-state index in [0.717, 1.165) is 96.2 Å². The van der Waals surface area contributed by atoms with E-state index in [2.05, 4.69) is 94.7 Å². The van der Waals surface area contributed by atoms with Gasteiger partial charge in [0.25, 0.3) is 0 Å². The van der Waals surface area contributed by atoms with E-state index in [1.807, 2.05) is 54.2 Å². The SMILES string of the molecule is CCN(CC)[C@@H](C(=O)N1CCC[C@H]1c1ncc(-c2ccc(-c3ccc(-c4cnc([C@@H]5CCCN5C(=O)[C@@H](NC(=O)OC)C(C)C)[nH]4)cc3)cc2)[nH]1)c1ccccc1. The van der Waals surface area contributed by atoms with Crippen molar-refractivity contribution < 1.29 is 19.1 Å². The minimum atomic E-state index is -0.678. The van der Waals surface area contributed by atoms with Gasteiger partial charge in [-0.05, 0) is 72.5 Å². The van der Waals surface area contributed by atoms with E-state index in [1.54, 1.807) is 0 Å². The third-order valence-corrected chi connectivity index (χ3v) is 11.5. The Morgan fingerprint density at radius 3 is 1.67 bits per heavy atom. The Labute approximate surface area is 335 Å². The third kappa shape index (κ3) is 8.37. The van der Waals surface area contributed by atoms with Gasteiger partial charge in [-0.3, -0.25) is 14.5 Å². The largest absolute Gasteiger partial charge is 0.453 e. The summed E-state index contributed by atoms with van der Waals surface area (Å²) in [4.78, 5) is 62.3. The maximum Gasteiger partial charge on any atom is 0.407 e. The number of amides is 3. The molecular formula is C45H54N8O4. The van der Waals surface area contributed by atoms with Crippen molar-refractivity contribution in [1.29, 1.82) is 0 Å². The van der Waals surface area contributed by atoms with Crippen LogP contribution >= 0.6 is 0 Å². The molecule has 0 radical (unpaired) electrons. The number of ether oxygens (including phenoxy) is 1. The first-order chi connectivity index (χ1) is 27.7. The van der Waals surface area contributed by atoms with Gasteiger partial charge in [-0.1, -0.05) is 107 Å². The highest BCUT2D eigenvalue weighted by Crippen LogP contribution is 2.37. The quantitative estimate of drug-likeness (QED) is 0.111. The predicted octanol–water partition coefficient (Wildman–Crippen LogP) is 7.92. The van der Waals surface area contributed by atoms with Crippen LogP contribution < -0.4 is 5.32 Å². The molecule has 2 aliphatic rings. The topological polar surface area (TPSA) is 140 Å². The van der Waals surface area contributed by atoms with E-state index in [0.29, 0.717) is 6.54 Å². The van der Waals surface area contributed by atoms with Gasteiger partial charge in [0.1, 0.15) is 23.7 Å². The lowest BCUT2D eigenvalue weighted by Crippen LogP contribution is -2.51. The molecule has 3 N–H and O–H groups in total. The van der Waals surface area contributed by atoms with Gasteiger partial charge in [0, 0.05) is 13.1 Å². The van der Waals surface area contributed by atoms with E-state index in [4.69, 9.17) is 14.7 Å². The molecular weight excluding hydrogens is 717 g/mol. The lowest BCUT2D eigenvalue weighted by atomic mass is 10.0. The van der Waals surface area contributed by atoms with E-state index in [-0.39, 0.29) is 35.9 Å². The molecule has 0 spiro atoms. The number of hydrogen-bond acceptors (Lipinski definition) is 7. The first-order valence-corrected chi connectivity index (χ1v) is 20.3. The minimum absolute atomic E-state index is 0.0936. The molecule has 2 aromatic heterocycles. The van der Waals surface area contributed by atoms with E-state index in [1.165, 1.54) is 7.11 Å². The highest BCUT2D eigenvalue weighted by Gasteiger charge is 2.39. The number of aromatic nitrogens is 4. The molecule has 0 aliphatic carbocycles. The highest BCUT2D eigenvalue weighted by molar-refractivity contribution is 5.86. The fraction of sp³-hybridized carbons (Fsp3) is 0.400. The number of methoxy groups -OCH3 is 1. The molecule has 57 heavy (non-hydrogen) atoms. The van der Waals surface area contributed by atoms with Crippen LogP contribution in [0.3, 0.4) is 0 Å². The first-order valence-electron chi connectivity index (χ1n) is 20.3. The molecule has 7 rings (SSSR count). The minimum Gasteiger partial charge on any atom is -0.453 e. The fourth-order valence-corrected chi connectivity index (χ4v) is 8.39. The van der Waals surface area contributed by atoms with Gasteiger partial charge in [-0.15, -0.1) is 0 Å². The number of benzene rings is 3. The van der Waals surface area contributed by atoms with Crippen molar-refractivity contribution in [2.75, 3.05) is 33.3 Å². The normalized spacial score (nSPS) is 17.9. The van der Waals surface area contributed by atoms with E-state index >= 15 is 0 Å². The number of carbonyl (C=O) groups excluding carboxylic acids is 3.